The van der Waals surface area contributed by atoms with Gasteiger partial charge in [-0.05, 0) is 49.6 Å². The van der Waals surface area contributed by atoms with Crippen molar-refractivity contribution in [3.05, 3.63) is 48.0 Å². The number of halogens is 1. The molecule has 2 fully saturated rings. The summed E-state index contributed by atoms with van der Waals surface area (Å²) >= 11 is 0. The highest BCUT2D eigenvalue weighted by Crippen LogP contribution is 2.35. The van der Waals surface area contributed by atoms with Crippen molar-refractivity contribution in [1.82, 2.24) is 9.97 Å². The number of ether oxygens (including phenoxy) is 2. The van der Waals surface area contributed by atoms with E-state index in [0.717, 1.165) is 36.6 Å². The maximum absolute atomic E-state index is 13.9. The molecule has 2 aliphatic heterocycles. The summed E-state index contributed by atoms with van der Waals surface area (Å²) in [5.74, 6) is 1.93. The van der Waals surface area contributed by atoms with Gasteiger partial charge in [-0.1, -0.05) is 6.42 Å². The van der Waals surface area contributed by atoms with E-state index in [4.69, 9.17) is 9.47 Å². The van der Waals surface area contributed by atoms with Crippen LogP contribution in [0.1, 0.15) is 31.2 Å². The van der Waals surface area contributed by atoms with Crippen molar-refractivity contribution in [2.75, 3.05) is 30.0 Å². The molecule has 1 atom stereocenters. The second-order valence-corrected chi connectivity index (χ2v) is 11.1. The van der Waals surface area contributed by atoms with Gasteiger partial charge in [-0.2, -0.15) is 4.36 Å². The fraction of sp³-hybridized carbons (Fsp3) is 0.417. The molecule has 2 aromatic carbocycles. The summed E-state index contributed by atoms with van der Waals surface area (Å²) in [4.78, 5) is 8.86. The SMILES string of the molecule is Cc1cc(N=S2(=O)CCCCC2)cc2ncnc(Nc3ccc(F)cc3O[C@H]3CCOC3)c12. The molecule has 1 N–H and O–H groups in total. The highest BCUT2D eigenvalue weighted by atomic mass is 32.2. The minimum Gasteiger partial charge on any atom is -0.486 e. The van der Waals surface area contributed by atoms with Crippen LogP contribution in [0.3, 0.4) is 0 Å². The summed E-state index contributed by atoms with van der Waals surface area (Å²) in [5.41, 5.74) is 2.92. The van der Waals surface area contributed by atoms with Gasteiger partial charge in [-0.15, -0.1) is 0 Å². The van der Waals surface area contributed by atoms with Crippen LogP contribution >= 0.6 is 0 Å². The number of benzene rings is 2. The van der Waals surface area contributed by atoms with E-state index in [1.807, 2.05) is 19.1 Å². The predicted molar refractivity (Wildman–Crippen MR) is 128 cm³/mol. The van der Waals surface area contributed by atoms with Gasteiger partial charge < -0.3 is 14.8 Å². The van der Waals surface area contributed by atoms with Crippen molar-refractivity contribution in [2.24, 2.45) is 4.36 Å². The zero-order chi connectivity index (χ0) is 22.8. The summed E-state index contributed by atoms with van der Waals surface area (Å²) in [6, 6.07) is 8.17. The molecular formula is C24H27FN4O3S. The van der Waals surface area contributed by atoms with Gasteiger partial charge in [0.1, 0.15) is 29.8 Å². The number of rotatable bonds is 5. The topological polar surface area (TPSA) is 85.7 Å². The molecule has 7 nitrogen and oxygen atoms in total. The lowest BCUT2D eigenvalue weighted by Crippen LogP contribution is -2.16. The Balaban J connectivity index is 1.50. The van der Waals surface area contributed by atoms with Gasteiger partial charge in [-0.3, -0.25) is 0 Å². The minimum absolute atomic E-state index is 0.109. The molecule has 3 aromatic rings. The van der Waals surface area contributed by atoms with E-state index in [9.17, 15) is 8.60 Å². The number of anilines is 2. The van der Waals surface area contributed by atoms with Gasteiger partial charge in [0.2, 0.25) is 0 Å². The van der Waals surface area contributed by atoms with Crippen LogP contribution in [0.5, 0.6) is 5.75 Å². The van der Waals surface area contributed by atoms with Gasteiger partial charge in [0, 0.05) is 29.4 Å². The zero-order valence-corrected chi connectivity index (χ0v) is 19.4. The average Bonchev–Trinajstić information content (AvgIpc) is 3.29. The first-order chi connectivity index (χ1) is 16.0. The lowest BCUT2D eigenvalue weighted by Gasteiger charge is -2.18. The Morgan fingerprint density at radius 2 is 2.03 bits per heavy atom. The number of nitrogens with zero attached hydrogens (tertiary/aromatic N) is 3. The van der Waals surface area contributed by atoms with Crippen LogP contribution in [0.15, 0.2) is 41.0 Å². The molecule has 2 saturated heterocycles. The van der Waals surface area contributed by atoms with Crippen molar-refractivity contribution in [3.8, 4) is 5.75 Å². The van der Waals surface area contributed by atoms with E-state index < -0.39 is 9.73 Å². The van der Waals surface area contributed by atoms with Crippen LogP contribution in [0, 0.1) is 12.7 Å². The average molecular weight is 471 g/mol. The van der Waals surface area contributed by atoms with Crippen LogP contribution in [-0.4, -0.2) is 45.0 Å². The van der Waals surface area contributed by atoms with E-state index in [1.54, 1.807) is 6.07 Å². The quantitative estimate of drug-likeness (QED) is 0.547. The van der Waals surface area contributed by atoms with Gasteiger partial charge in [0.15, 0.2) is 0 Å². The van der Waals surface area contributed by atoms with Crippen LogP contribution in [0.25, 0.3) is 10.9 Å². The molecule has 174 valence electrons. The number of fused-ring (bicyclic) bond motifs is 1. The van der Waals surface area contributed by atoms with Gasteiger partial charge in [0.25, 0.3) is 0 Å². The Hall–Kier alpha value is -2.78. The minimum atomic E-state index is -2.20. The number of nitrogens with one attached hydrogen (secondary N) is 1. The number of aryl methyl sites for hydroxylation is 1. The Kier molecular flexibility index (Phi) is 6.16. The fourth-order valence-corrected chi connectivity index (χ4v) is 6.53. The summed E-state index contributed by atoms with van der Waals surface area (Å²) < 4.78 is 43.0. The van der Waals surface area contributed by atoms with Crippen LogP contribution in [0.2, 0.25) is 0 Å². The smallest absolute Gasteiger partial charge is 0.146 e. The third kappa shape index (κ3) is 4.94. The largest absolute Gasteiger partial charge is 0.486 e. The van der Waals surface area contributed by atoms with Gasteiger partial charge >= 0.3 is 0 Å². The van der Waals surface area contributed by atoms with Crippen LogP contribution < -0.4 is 10.1 Å². The van der Waals surface area contributed by atoms with Crippen LogP contribution in [0.4, 0.5) is 21.6 Å². The van der Waals surface area contributed by atoms with Crippen molar-refractivity contribution in [2.45, 2.75) is 38.7 Å². The molecule has 0 bridgehead atoms. The first kappa shape index (κ1) is 22.0. The predicted octanol–water partition coefficient (Wildman–Crippen LogP) is 5.27. The highest BCUT2D eigenvalue weighted by Gasteiger charge is 2.20. The molecule has 0 radical (unpaired) electrons. The molecule has 5 rings (SSSR count). The molecule has 33 heavy (non-hydrogen) atoms. The Morgan fingerprint density at radius 3 is 2.82 bits per heavy atom. The van der Waals surface area contributed by atoms with E-state index in [1.165, 1.54) is 18.5 Å². The lowest BCUT2D eigenvalue weighted by atomic mass is 10.1. The molecule has 0 amide bonds. The second kappa shape index (κ2) is 9.23. The molecular weight excluding hydrogens is 443 g/mol. The molecule has 1 aromatic heterocycles. The summed E-state index contributed by atoms with van der Waals surface area (Å²) in [7, 11) is -2.20. The molecule has 3 heterocycles. The maximum atomic E-state index is 13.9. The number of hydrogen-bond donors (Lipinski definition) is 1. The molecule has 9 heteroatoms. The van der Waals surface area contributed by atoms with Gasteiger partial charge in [-0.25, -0.2) is 18.6 Å². The fourth-order valence-electron chi connectivity index (χ4n) is 4.35. The van der Waals surface area contributed by atoms with Crippen molar-refractivity contribution in [3.63, 3.8) is 0 Å². The highest BCUT2D eigenvalue weighted by molar-refractivity contribution is 7.93. The Bertz CT molecular complexity index is 1290. The summed E-state index contributed by atoms with van der Waals surface area (Å²) in [6.45, 7) is 3.08. The molecule has 0 saturated carbocycles. The van der Waals surface area contributed by atoms with Crippen molar-refractivity contribution < 1.29 is 18.1 Å². The third-order valence-electron chi connectivity index (χ3n) is 6.00. The molecule has 0 unspecified atom stereocenters. The van der Waals surface area contributed by atoms with E-state index in [0.29, 0.717) is 53.2 Å². The Labute approximate surface area is 192 Å². The van der Waals surface area contributed by atoms with E-state index in [-0.39, 0.29) is 11.9 Å². The molecule has 0 aliphatic carbocycles. The van der Waals surface area contributed by atoms with Crippen molar-refractivity contribution >= 4 is 37.8 Å². The zero-order valence-electron chi connectivity index (χ0n) is 18.6. The normalized spacial score (nSPS) is 20.0. The monoisotopic (exact) mass is 470 g/mol. The summed E-state index contributed by atoms with van der Waals surface area (Å²) in [5, 5.41) is 4.12. The number of aromatic nitrogens is 2. The number of hydrogen-bond acceptors (Lipinski definition) is 7. The molecule has 0 spiro atoms. The Morgan fingerprint density at radius 1 is 1.18 bits per heavy atom. The maximum Gasteiger partial charge on any atom is 0.146 e. The second-order valence-electron chi connectivity index (χ2n) is 8.58. The molecule has 2 aliphatic rings. The van der Waals surface area contributed by atoms with E-state index in [2.05, 4.69) is 19.6 Å². The standard InChI is InChI=1S/C24H27FN4O3S/c1-16-11-18(29-33(30)9-3-2-4-10-33)13-21-23(16)24(27-15-26-21)28-20-6-5-17(25)12-22(20)32-19-7-8-31-14-19/h5-6,11-13,15,19H,2-4,7-10,14H2,1H3,(H,26,27,28)/t19-/m0/s1. The first-order valence-corrected chi connectivity index (χ1v) is 13.1. The van der Waals surface area contributed by atoms with Crippen molar-refractivity contribution in [1.29, 1.82) is 0 Å². The first-order valence-electron chi connectivity index (χ1n) is 11.3. The van der Waals surface area contributed by atoms with Crippen LogP contribution in [-0.2, 0) is 14.5 Å². The van der Waals surface area contributed by atoms with E-state index >= 15 is 0 Å². The van der Waals surface area contributed by atoms with Gasteiger partial charge in [0.05, 0.1) is 39.8 Å². The third-order valence-corrected chi connectivity index (χ3v) is 8.39. The lowest BCUT2D eigenvalue weighted by molar-refractivity contribution is 0.141. The summed E-state index contributed by atoms with van der Waals surface area (Å²) in [6.07, 6.45) is 5.17.